The molecule has 0 bridgehead atoms. The molecule has 2 N–H and O–H groups in total. The van der Waals surface area contributed by atoms with Crippen LogP contribution in [0.5, 0.6) is 0 Å². The fourth-order valence-corrected chi connectivity index (χ4v) is 3.39. The van der Waals surface area contributed by atoms with Crippen LogP contribution in [0.15, 0.2) is 34.7 Å². The third kappa shape index (κ3) is 4.35. The first-order valence-electron chi connectivity index (χ1n) is 8.84. The van der Waals surface area contributed by atoms with E-state index in [0.29, 0.717) is 6.54 Å². The fraction of sp³-hybridized carbons (Fsp3) is 0.526. The molecule has 3 rings (SSSR count). The van der Waals surface area contributed by atoms with Gasteiger partial charge in [-0.2, -0.15) is 0 Å². The number of benzene rings is 1. The highest BCUT2D eigenvalue weighted by atomic mass is 16.3. The number of para-hydroxylation sites is 1. The Morgan fingerprint density at radius 3 is 2.61 bits per heavy atom. The maximum absolute atomic E-state index is 12.3. The van der Waals surface area contributed by atoms with Crippen molar-refractivity contribution >= 4 is 16.9 Å². The van der Waals surface area contributed by atoms with Gasteiger partial charge in [-0.25, -0.2) is 0 Å². The zero-order chi connectivity index (χ0) is 16.1. The highest BCUT2D eigenvalue weighted by Crippen LogP contribution is 2.23. The third-order valence-electron chi connectivity index (χ3n) is 4.72. The molecule has 1 saturated heterocycles. The van der Waals surface area contributed by atoms with Crippen molar-refractivity contribution in [3.05, 3.63) is 36.1 Å². The minimum Gasteiger partial charge on any atom is -0.459 e. The number of rotatable bonds is 4. The van der Waals surface area contributed by atoms with Crippen molar-refractivity contribution in [3.8, 4) is 0 Å². The minimum absolute atomic E-state index is 0.0935. The van der Waals surface area contributed by atoms with Gasteiger partial charge in [0.05, 0.1) is 19.1 Å². The molecule has 23 heavy (non-hydrogen) atoms. The Labute approximate surface area is 137 Å². The van der Waals surface area contributed by atoms with Crippen LogP contribution in [-0.2, 0) is 4.79 Å². The van der Waals surface area contributed by atoms with Gasteiger partial charge in [0, 0.05) is 5.39 Å². The molecule has 0 aliphatic carbocycles. The average Bonchev–Trinajstić information content (AvgIpc) is 2.94. The average molecular weight is 315 g/mol. The van der Waals surface area contributed by atoms with E-state index in [1.54, 1.807) is 0 Å². The summed E-state index contributed by atoms with van der Waals surface area (Å²) in [4.78, 5) is 13.8. The normalized spacial score (nSPS) is 18.3. The molecular weight excluding hydrogens is 288 g/mol. The first kappa shape index (κ1) is 16.1. The van der Waals surface area contributed by atoms with E-state index in [9.17, 15) is 4.79 Å². The Morgan fingerprint density at radius 2 is 1.87 bits per heavy atom. The first-order chi connectivity index (χ1) is 11.2. The molecular formula is C19H27N2O2+. The number of fused-ring (bicyclic) bond motifs is 1. The standard InChI is InChI=1S/C19H26N2O2/c1-15(18-13-16-9-5-6-10-17(16)23-18)20-19(22)14-21-11-7-3-2-4-8-12-21/h5-6,9-10,13,15H,2-4,7-8,11-12,14H2,1H3,(H,20,22)/p+1/t15-/m0/s1. The van der Waals surface area contributed by atoms with E-state index in [0.717, 1.165) is 29.8 Å². The summed E-state index contributed by atoms with van der Waals surface area (Å²) in [5.74, 6) is 0.941. The summed E-state index contributed by atoms with van der Waals surface area (Å²) in [7, 11) is 0. The largest absolute Gasteiger partial charge is 0.459 e. The summed E-state index contributed by atoms with van der Waals surface area (Å²) >= 11 is 0. The van der Waals surface area contributed by atoms with Crippen molar-refractivity contribution in [2.75, 3.05) is 19.6 Å². The summed E-state index contributed by atoms with van der Waals surface area (Å²) in [5, 5.41) is 4.17. The molecule has 1 fully saturated rings. The van der Waals surface area contributed by atoms with Crippen LogP contribution in [-0.4, -0.2) is 25.5 Å². The monoisotopic (exact) mass is 315 g/mol. The van der Waals surface area contributed by atoms with E-state index >= 15 is 0 Å². The van der Waals surface area contributed by atoms with E-state index in [4.69, 9.17) is 4.42 Å². The lowest BCUT2D eigenvalue weighted by Gasteiger charge is -2.22. The first-order valence-corrected chi connectivity index (χ1v) is 8.84. The van der Waals surface area contributed by atoms with Crippen LogP contribution in [0.2, 0.25) is 0 Å². The van der Waals surface area contributed by atoms with Gasteiger partial charge >= 0.3 is 0 Å². The van der Waals surface area contributed by atoms with Gasteiger partial charge in [0.1, 0.15) is 11.3 Å². The summed E-state index contributed by atoms with van der Waals surface area (Å²) in [5.41, 5.74) is 0.873. The van der Waals surface area contributed by atoms with Crippen molar-refractivity contribution in [2.45, 2.75) is 45.1 Å². The Bertz CT molecular complexity index is 609. The Hall–Kier alpha value is -1.81. The van der Waals surface area contributed by atoms with Crippen LogP contribution in [0.25, 0.3) is 11.0 Å². The van der Waals surface area contributed by atoms with Crippen LogP contribution in [0.1, 0.15) is 50.8 Å². The number of furan rings is 1. The Morgan fingerprint density at radius 1 is 1.17 bits per heavy atom. The lowest BCUT2D eigenvalue weighted by Crippen LogP contribution is -3.13. The molecule has 4 nitrogen and oxygen atoms in total. The number of likely N-dealkylation sites (tertiary alicyclic amines) is 1. The number of amides is 1. The van der Waals surface area contributed by atoms with Gasteiger partial charge in [0.25, 0.3) is 5.91 Å². The van der Waals surface area contributed by atoms with Crippen LogP contribution in [0.4, 0.5) is 0 Å². The molecule has 1 aliphatic rings. The Kier molecular flexibility index (Phi) is 5.34. The van der Waals surface area contributed by atoms with Crippen LogP contribution < -0.4 is 10.2 Å². The van der Waals surface area contributed by atoms with Gasteiger partial charge in [-0.05, 0) is 44.7 Å². The van der Waals surface area contributed by atoms with Gasteiger partial charge in [-0.15, -0.1) is 0 Å². The number of carbonyl (C=O) groups excluding carboxylic acids is 1. The molecule has 0 radical (unpaired) electrons. The molecule has 1 aromatic heterocycles. The number of quaternary nitrogens is 1. The third-order valence-corrected chi connectivity index (χ3v) is 4.72. The molecule has 0 spiro atoms. The number of hydrogen-bond acceptors (Lipinski definition) is 2. The van der Waals surface area contributed by atoms with E-state index < -0.39 is 0 Å². The fourth-order valence-electron chi connectivity index (χ4n) is 3.39. The number of nitrogens with one attached hydrogen (secondary N) is 2. The molecule has 0 saturated carbocycles. The molecule has 1 aromatic carbocycles. The molecule has 1 atom stereocenters. The lowest BCUT2D eigenvalue weighted by molar-refractivity contribution is -0.893. The van der Waals surface area contributed by atoms with Gasteiger partial charge in [0.15, 0.2) is 6.54 Å². The molecule has 124 valence electrons. The highest BCUT2D eigenvalue weighted by Gasteiger charge is 2.19. The van der Waals surface area contributed by atoms with Crippen LogP contribution >= 0.6 is 0 Å². The number of carbonyl (C=O) groups is 1. The maximum atomic E-state index is 12.3. The second kappa shape index (κ2) is 7.64. The Balaban J connectivity index is 1.55. The van der Waals surface area contributed by atoms with E-state index in [-0.39, 0.29) is 11.9 Å². The van der Waals surface area contributed by atoms with E-state index in [2.05, 4.69) is 5.32 Å². The predicted octanol–water partition coefficient (Wildman–Crippen LogP) is 2.46. The van der Waals surface area contributed by atoms with Crippen molar-refractivity contribution in [1.29, 1.82) is 0 Å². The van der Waals surface area contributed by atoms with Crippen molar-refractivity contribution < 1.29 is 14.1 Å². The maximum Gasteiger partial charge on any atom is 0.275 e. The van der Waals surface area contributed by atoms with E-state index in [1.165, 1.54) is 37.0 Å². The second-order valence-corrected chi connectivity index (χ2v) is 6.67. The van der Waals surface area contributed by atoms with Gasteiger partial charge < -0.3 is 14.6 Å². The quantitative estimate of drug-likeness (QED) is 0.910. The van der Waals surface area contributed by atoms with Crippen LogP contribution in [0, 0.1) is 0 Å². The van der Waals surface area contributed by atoms with Crippen molar-refractivity contribution in [3.63, 3.8) is 0 Å². The summed E-state index contributed by atoms with van der Waals surface area (Å²) in [6.07, 6.45) is 6.44. The molecule has 0 unspecified atom stereocenters. The molecule has 4 heteroatoms. The van der Waals surface area contributed by atoms with Crippen LogP contribution in [0.3, 0.4) is 0 Å². The molecule has 2 heterocycles. The topological polar surface area (TPSA) is 46.7 Å². The SMILES string of the molecule is C[C@H](NC(=O)C[NH+]1CCCCCCC1)c1cc2ccccc2o1. The van der Waals surface area contributed by atoms with Gasteiger partial charge in [-0.3, -0.25) is 4.79 Å². The minimum atomic E-state index is -0.0935. The second-order valence-electron chi connectivity index (χ2n) is 6.67. The van der Waals surface area contributed by atoms with Gasteiger partial charge in [-0.1, -0.05) is 24.6 Å². The van der Waals surface area contributed by atoms with E-state index in [1.807, 2.05) is 37.3 Å². The summed E-state index contributed by atoms with van der Waals surface area (Å²) < 4.78 is 5.84. The zero-order valence-electron chi connectivity index (χ0n) is 13.9. The highest BCUT2D eigenvalue weighted by molar-refractivity contribution is 5.79. The molecule has 2 aromatic rings. The molecule has 1 aliphatic heterocycles. The predicted molar refractivity (Wildman–Crippen MR) is 91.4 cm³/mol. The molecule has 1 amide bonds. The summed E-state index contributed by atoms with van der Waals surface area (Å²) in [6, 6.07) is 9.87. The number of hydrogen-bond donors (Lipinski definition) is 2. The lowest BCUT2D eigenvalue weighted by atomic mass is 10.1. The van der Waals surface area contributed by atoms with Gasteiger partial charge in [0.2, 0.25) is 0 Å². The zero-order valence-corrected chi connectivity index (χ0v) is 13.9. The van der Waals surface area contributed by atoms with Crippen molar-refractivity contribution in [1.82, 2.24) is 5.32 Å². The summed E-state index contributed by atoms with van der Waals surface area (Å²) in [6.45, 7) is 4.79. The van der Waals surface area contributed by atoms with Crippen molar-refractivity contribution in [2.24, 2.45) is 0 Å². The smallest absolute Gasteiger partial charge is 0.275 e.